The molecule has 0 fully saturated rings. The van der Waals surface area contributed by atoms with Crippen molar-refractivity contribution in [2.75, 3.05) is 11.9 Å². The van der Waals surface area contributed by atoms with Crippen molar-refractivity contribution in [2.45, 2.75) is 6.42 Å². The van der Waals surface area contributed by atoms with Gasteiger partial charge in [0.15, 0.2) is 5.13 Å². The van der Waals surface area contributed by atoms with Gasteiger partial charge in [-0.25, -0.2) is 9.37 Å². The van der Waals surface area contributed by atoms with Gasteiger partial charge in [0.05, 0.1) is 16.8 Å². The largest absolute Gasteiger partial charge is 0.307 e. The molecule has 0 saturated carbocycles. The normalized spacial score (nSPS) is 10.7. The molecule has 7 heteroatoms. The van der Waals surface area contributed by atoms with Gasteiger partial charge in [-0.3, -0.25) is 0 Å². The molecule has 0 unspecified atom stereocenters. The van der Waals surface area contributed by atoms with E-state index in [4.69, 9.17) is 12.2 Å². The Morgan fingerprint density at radius 2 is 1.91 bits per heavy atom. The number of halogens is 2. The topological polar surface area (TPSA) is 28.2 Å². The molecule has 118 valence electrons. The second-order valence-electron chi connectivity index (χ2n) is 4.84. The van der Waals surface area contributed by atoms with E-state index >= 15 is 0 Å². The number of hydrogen-bond donors (Lipinski definition) is 1. The van der Waals surface area contributed by atoms with Gasteiger partial charge in [-0.05, 0) is 42.4 Å². The Hall–Kier alpha value is -2.12. The SMILES string of the molecule is Fc1ccccc1CCN(F)C(=S)Nc1nc2ccccc2s1. The molecule has 1 N–H and O–H groups in total. The molecule has 0 aliphatic heterocycles. The van der Waals surface area contributed by atoms with E-state index in [1.807, 2.05) is 24.3 Å². The van der Waals surface area contributed by atoms with Crippen LogP contribution in [-0.2, 0) is 6.42 Å². The highest BCUT2D eigenvalue weighted by molar-refractivity contribution is 7.80. The predicted octanol–water partition coefficient (Wildman–Crippen LogP) is 4.56. The Labute approximate surface area is 141 Å². The molecule has 0 aliphatic carbocycles. The van der Waals surface area contributed by atoms with Crippen LogP contribution in [0.1, 0.15) is 5.56 Å². The van der Waals surface area contributed by atoms with E-state index in [-0.39, 0.29) is 23.9 Å². The summed E-state index contributed by atoms with van der Waals surface area (Å²) in [5.74, 6) is -0.342. The molecule has 3 nitrogen and oxygen atoms in total. The molecule has 0 atom stereocenters. The zero-order valence-electron chi connectivity index (χ0n) is 12.0. The summed E-state index contributed by atoms with van der Waals surface area (Å²) >= 11 is 6.42. The van der Waals surface area contributed by atoms with Crippen LogP contribution in [0.2, 0.25) is 0 Å². The number of anilines is 1. The van der Waals surface area contributed by atoms with Crippen LogP contribution in [0.25, 0.3) is 10.2 Å². The zero-order valence-corrected chi connectivity index (χ0v) is 13.6. The second kappa shape index (κ2) is 6.97. The summed E-state index contributed by atoms with van der Waals surface area (Å²) in [6.45, 7) is -0.0301. The van der Waals surface area contributed by atoms with Gasteiger partial charge in [0.2, 0.25) is 5.11 Å². The van der Waals surface area contributed by atoms with E-state index in [0.717, 1.165) is 10.2 Å². The number of nitrogens with zero attached hydrogens (tertiary/aromatic N) is 2. The zero-order chi connectivity index (χ0) is 16.2. The fourth-order valence-corrected chi connectivity index (χ4v) is 3.22. The maximum Gasteiger partial charge on any atom is 0.203 e. The molecule has 0 spiro atoms. The highest BCUT2D eigenvalue weighted by atomic mass is 32.1. The summed E-state index contributed by atoms with van der Waals surface area (Å²) in [6.07, 6.45) is 0.227. The molecule has 3 aromatic rings. The molecular formula is C16H13F2N3S2. The van der Waals surface area contributed by atoms with Crippen molar-refractivity contribution in [2.24, 2.45) is 0 Å². The number of thiazole rings is 1. The van der Waals surface area contributed by atoms with Gasteiger partial charge in [0.25, 0.3) is 0 Å². The van der Waals surface area contributed by atoms with Crippen LogP contribution in [0, 0.1) is 5.82 Å². The van der Waals surface area contributed by atoms with Crippen LogP contribution in [0.5, 0.6) is 0 Å². The summed E-state index contributed by atoms with van der Waals surface area (Å²) in [4.78, 5) is 4.33. The summed E-state index contributed by atoms with van der Waals surface area (Å²) in [7, 11) is 0. The Morgan fingerprint density at radius 3 is 2.70 bits per heavy atom. The predicted molar refractivity (Wildman–Crippen MR) is 93.8 cm³/mol. The molecule has 0 radical (unpaired) electrons. The highest BCUT2D eigenvalue weighted by Crippen LogP contribution is 2.25. The fourth-order valence-electron chi connectivity index (χ4n) is 2.10. The third-order valence-electron chi connectivity index (χ3n) is 3.26. The number of benzene rings is 2. The first-order valence-corrected chi connectivity index (χ1v) is 8.19. The van der Waals surface area contributed by atoms with Gasteiger partial charge in [-0.2, -0.15) is 5.12 Å². The van der Waals surface area contributed by atoms with Crippen LogP contribution in [0.15, 0.2) is 48.5 Å². The number of para-hydroxylation sites is 1. The van der Waals surface area contributed by atoms with Crippen LogP contribution >= 0.6 is 23.6 Å². The molecular weight excluding hydrogens is 336 g/mol. The van der Waals surface area contributed by atoms with E-state index < -0.39 is 0 Å². The van der Waals surface area contributed by atoms with Crippen molar-refractivity contribution in [3.63, 3.8) is 0 Å². The monoisotopic (exact) mass is 349 g/mol. The summed E-state index contributed by atoms with van der Waals surface area (Å²) in [6, 6.07) is 13.9. The standard InChI is InChI=1S/C16H13F2N3S2/c17-12-6-2-1-5-11(12)9-10-21(18)16(22)20-15-19-13-7-3-4-8-14(13)23-15/h1-8H,9-10H2,(H,19,20,22). The average Bonchev–Trinajstić information content (AvgIpc) is 2.96. The highest BCUT2D eigenvalue weighted by Gasteiger charge is 2.12. The fraction of sp³-hybridized carbons (Fsp3) is 0.125. The van der Waals surface area contributed by atoms with Gasteiger partial charge >= 0.3 is 0 Å². The van der Waals surface area contributed by atoms with Crippen LogP contribution < -0.4 is 5.32 Å². The third-order valence-corrected chi connectivity index (χ3v) is 4.52. The average molecular weight is 349 g/mol. The molecule has 1 heterocycles. The van der Waals surface area contributed by atoms with Crippen molar-refractivity contribution < 1.29 is 8.87 Å². The third kappa shape index (κ3) is 3.80. The summed E-state index contributed by atoms with van der Waals surface area (Å²) in [5, 5.41) is 3.62. The van der Waals surface area contributed by atoms with Gasteiger partial charge in [0, 0.05) is 0 Å². The minimum absolute atomic E-state index is 0.0301. The van der Waals surface area contributed by atoms with Crippen LogP contribution in [0.3, 0.4) is 0 Å². The molecule has 0 amide bonds. The van der Waals surface area contributed by atoms with E-state index in [1.165, 1.54) is 17.4 Å². The van der Waals surface area contributed by atoms with Crippen molar-refractivity contribution >= 4 is 44.0 Å². The first kappa shape index (κ1) is 15.8. The Balaban J connectivity index is 1.60. The van der Waals surface area contributed by atoms with Crippen molar-refractivity contribution in [3.05, 3.63) is 59.9 Å². The maximum absolute atomic E-state index is 14.0. The first-order valence-electron chi connectivity index (χ1n) is 6.97. The quantitative estimate of drug-likeness (QED) is 0.552. The lowest BCUT2D eigenvalue weighted by Gasteiger charge is -2.14. The van der Waals surface area contributed by atoms with E-state index in [2.05, 4.69) is 10.3 Å². The molecule has 0 aliphatic rings. The first-order chi connectivity index (χ1) is 11.1. The van der Waals surface area contributed by atoms with Crippen LogP contribution in [0.4, 0.5) is 14.0 Å². The number of fused-ring (bicyclic) bond motifs is 1. The van der Waals surface area contributed by atoms with Gasteiger partial charge in [-0.1, -0.05) is 46.1 Å². The van der Waals surface area contributed by atoms with E-state index in [1.54, 1.807) is 18.2 Å². The Morgan fingerprint density at radius 1 is 1.17 bits per heavy atom. The summed E-state index contributed by atoms with van der Waals surface area (Å²) < 4.78 is 28.5. The minimum Gasteiger partial charge on any atom is -0.307 e. The van der Waals surface area contributed by atoms with Crippen LogP contribution in [-0.4, -0.2) is 21.8 Å². The molecule has 23 heavy (non-hydrogen) atoms. The molecule has 2 aromatic carbocycles. The number of rotatable bonds is 4. The lowest BCUT2D eigenvalue weighted by Crippen LogP contribution is -2.29. The smallest absolute Gasteiger partial charge is 0.203 e. The lowest BCUT2D eigenvalue weighted by molar-refractivity contribution is 0.126. The maximum atomic E-state index is 14.0. The Kier molecular flexibility index (Phi) is 4.78. The van der Waals surface area contributed by atoms with Gasteiger partial charge in [-0.15, -0.1) is 0 Å². The molecule has 0 saturated heterocycles. The Bertz CT molecular complexity index is 802. The summed E-state index contributed by atoms with van der Waals surface area (Å²) in [5.41, 5.74) is 1.29. The molecule has 0 bridgehead atoms. The van der Waals surface area contributed by atoms with Gasteiger partial charge < -0.3 is 5.32 Å². The minimum atomic E-state index is -0.342. The molecule has 1 aromatic heterocycles. The number of hydrogen-bond acceptors (Lipinski definition) is 3. The van der Waals surface area contributed by atoms with E-state index in [9.17, 15) is 8.87 Å². The number of aromatic nitrogens is 1. The van der Waals surface area contributed by atoms with Crippen molar-refractivity contribution in [3.8, 4) is 0 Å². The lowest BCUT2D eigenvalue weighted by atomic mass is 10.1. The van der Waals surface area contributed by atoms with Gasteiger partial charge in [0.1, 0.15) is 5.82 Å². The van der Waals surface area contributed by atoms with E-state index in [0.29, 0.717) is 15.8 Å². The van der Waals surface area contributed by atoms with Crippen molar-refractivity contribution in [1.82, 2.24) is 10.1 Å². The second-order valence-corrected chi connectivity index (χ2v) is 6.26. The molecule has 3 rings (SSSR count). The number of thiocarbonyl (C=S) groups is 1. The number of nitrogens with one attached hydrogen (secondary N) is 1. The van der Waals surface area contributed by atoms with Crippen molar-refractivity contribution in [1.29, 1.82) is 0 Å².